The molecule has 4 rings (SSSR count). The highest BCUT2D eigenvalue weighted by Crippen LogP contribution is 2.27. The van der Waals surface area contributed by atoms with Crippen molar-refractivity contribution in [3.63, 3.8) is 0 Å². The number of carbonyl (C=O) groups excluding carboxylic acids is 1. The molecule has 0 spiro atoms. The maximum Gasteiger partial charge on any atom is 0.254 e. The highest BCUT2D eigenvalue weighted by Gasteiger charge is 2.34. The lowest BCUT2D eigenvalue weighted by molar-refractivity contribution is 0.0923. The molecule has 2 unspecified atom stereocenters. The summed E-state index contributed by atoms with van der Waals surface area (Å²) in [5.41, 5.74) is 2.08. The van der Waals surface area contributed by atoms with Crippen LogP contribution in [0.3, 0.4) is 0 Å². The number of piperidine rings is 1. The van der Waals surface area contributed by atoms with Crippen LogP contribution in [0.2, 0.25) is 0 Å². The summed E-state index contributed by atoms with van der Waals surface area (Å²) in [5.74, 6) is -0.366. The van der Waals surface area contributed by atoms with E-state index in [9.17, 15) is 9.18 Å². The van der Waals surface area contributed by atoms with Gasteiger partial charge in [0.05, 0.1) is 23.1 Å². The summed E-state index contributed by atoms with van der Waals surface area (Å²) < 4.78 is 14.7. The van der Waals surface area contributed by atoms with E-state index in [0.717, 1.165) is 24.2 Å². The van der Waals surface area contributed by atoms with Crippen LogP contribution in [0.25, 0.3) is 5.69 Å². The topological polar surface area (TPSA) is 59.0 Å². The molecule has 2 bridgehead atoms. The number of carbonyl (C=O) groups is 1. The minimum absolute atomic E-state index is 0. The molecule has 2 N–H and O–H groups in total. The number of nitrogens with zero attached hydrogens (tertiary/aromatic N) is 2. The zero-order valence-corrected chi connectivity index (χ0v) is 14.9. The Labute approximate surface area is 152 Å². The van der Waals surface area contributed by atoms with Gasteiger partial charge in [-0.25, -0.2) is 9.07 Å². The Balaban J connectivity index is 0.00000182. The molecule has 3 heterocycles. The average Bonchev–Trinajstić information content (AvgIpc) is 3.11. The van der Waals surface area contributed by atoms with Crippen LogP contribution in [0.4, 0.5) is 4.39 Å². The van der Waals surface area contributed by atoms with Gasteiger partial charge in [0.2, 0.25) is 0 Å². The van der Waals surface area contributed by atoms with Gasteiger partial charge in [-0.3, -0.25) is 4.79 Å². The molecule has 7 heteroatoms. The van der Waals surface area contributed by atoms with Crippen molar-refractivity contribution >= 4 is 18.3 Å². The standard InChI is InChI=1S/C18H21FN4O.ClH/c1-11-17(10-20-23(11)16-6-2-12(19)3-7-16)18(24)22-15-8-13-4-5-14(9-15)21-13;/h2-3,6-7,10,13-15,21H,4-5,8-9H2,1H3,(H,22,24);1H. The molecule has 25 heavy (non-hydrogen) atoms. The smallest absolute Gasteiger partial charge is 0.254 e. The van der Waals surface area contributed by atoms with E-state index in [2.05, 4.69) is 15.7 Å². The van der Waals surface area contributed by atoms with Gasteiger partial charge in [-0.2, -0.15) is 5.10 Å². The molecule has 0 saturated carbocycles. The Bertz CT molecular complexity index is 749. The molecule has 1 aromatic heterocycles. The zero-order valence-electron chi connectivity index (χ0n) is 14.0. The summed E-state index contributed by atoms with van der Waals surface area (Å²) >= 11 is 0. The lowest BCUT2D eigenvalue weighted by Gasteiger charge is -2.29. The molecular formula is C18H22ClFN4O. The largest absolute Gasteiger partial charge is 0.349 e. The second-order valence-electron chi connectivity index (χ2n) is 6.81. The lowest BCUT2D eigenvalue weighted by atomic mass is 9.99. The minimum atomic E-state index is -0.290. The zero-order chi connectivity index (χ0) is 16.7. The third kappa shape index (κ3) is 3.55. The number of amides is 1. The molecule has 1 amide bonds. The van der Waals surface area contributed by atoms with Gasteiger partial charge >= 0.3 is 0 Å². The van der Waals surface area contributed by atoms with Crippen molar-refractivity contribution < 1.29 is 9.18 Å². The Kier molecular flexibility index (Phi) is 5.11. The summed E-state index contributed by atoms with van der Waals surface area (Å²) in [5, 5.41) is 11.0. The van der Waals surface area contributed by atoms with Gasteiger partial charge in [-0.15, -0.1) is 12.4 Å². The molecule has 1 aromatic carbocycles. The number of halogens is 2. The Morgan fingerprint density at radius 2 is 1.88 bits per heavy atom. The summed E-state index contributed by atoms with van der Waals surface area (Å²) in [6.45, 7) is 1.86. The number of rotatable bonds is 3. The molecule has 0 radical (unpaired) electrons. The van der Waals surface area contributed by atoms with E-state index in [4.69, 9.17) is 0 Å². The first kappa shape index (κ1) is 17.9. The molecule has 134 valence electrons. The fourth-order valence-corrected chi connectivity index (χ4v) is 3.91. The van der Waals surface area contributed by atoms with Crippen molar-refractivity contribution in [1.29, 1.82) is 0 Å². The highest BCUT2D eigenvalue weighted by molar-refractivity contribution is 5.95. The van der Waals surface area contributed by atoms with Crippen molar-refractivity contribution in [2.45, 2.75) is 50.7 Å². The summed E-state index contributed by atoms with van der Waals surface area (Å²) in [4.78, 5) is 12.6. The Morgan fingerprint density at radius 3 is 2.52 bits per heavy atom. The number of nitrogens with one attached hydrogen (secondary N) is 2. The first-order valence-corrected chi connectivity index (χ1v) is 8.47. The molecule has 2 fully saturated rings. The molecular weight excluding hydrogens is 343 g/mol. The number of aromatic nitrogens is 2. The van der Waals surface area contributed by atoms with Gasteiger partial charge < -0.3 is 10.6 Å². The Hall–Kier alpha value is -1.92. The maximum absolute atomic E-state index is 13.1. The van der Waals surface area contributed by atoms with Gasteiger partial charge in [0.15, 0.2) is 0 Å². The molecule has 0 aliphatic carbocycles. The first-order chi connectivity index (χ1) is 11.6. The van der Waals surface area contributed by atoms with Crippen LogP contribution in [0.15, 0.2) is 30.5 Å². The predicted octanol–water partition coefficient (Wildman–Crippen LogP) is 2.75. The SMILES string of the molecule is Cc1c(C(=O)NC2CC3CCC(C2)N3)cnn1-c1ccc(F)cc1.Cl. The van der Waals surface area contributed by atoms with Crippen LogP contribution < -0.4 is 10.6 Å². The second kappa shape index (κ2) is 7.14. The maximum atomic E-state index is 13.1. The number of hydrogen-bond acceptors (Lipinski definition) is 3. The van der Waals surface area contributed by atoms with Crippen LogP contribution in [-0.2, 0) is 0 Å². The Morgan fingerprint density at radius 1 is 1.24 bits per heavy atom. The van der Waals surface area contributed by atoms with Crippen molar-refractivity contribution in [3.05, 3.63) is 47.5 Å². The van der Waals surface area contributed by atoms with E-state index in [0.29, 0.717) is 17.6 Å². The van der Waals surface area contributed by atoms with Gasteiger partial charge in [0.25, 0.3) is 5.91 Å². The number of fused-ring (bicyclic) bond motifs is 2. The molecule has 2 saturated heterocycles. The second-order valence-corrected chi connectivity index (χ2v) is 6.81. The monoisotopic (exact) mass is 364 g/mol. The van der Waals surface area contributed by atoms with Gasteiger partial charge in [0.1, 0.15) is 5.82 Å². The molecule has 2 atom stereocenters. The van der Waals surface area contributed by atoms with E-state index in [1.807, 2.05) is 6.92 Å². The van der Waals surface area contributed by atoms with E-state index < -0.39 is 0 Å². The fourth-order valence-electron chi connectivity index (χ4n) is 3.91. The van der Waals surface area contributed by atoms with Gasteiger partial charge in [-0.05, 0) is 56.9 Å². The quantitative estimate of drug-likeness (QED) is 0.880. The predicted molar refractivity (Wildman–Crippen MR) is 95.9 cm³/mol. The fraction of sp³-hybridized carbons (Fsp3) is 0.444. The van der Waals surface area contributed by atoms with Crippen molar-refractivity contribution in [1.82, 2.24) is 20.4 Å². The summed E-state index contributed by atoms with van der Waals surface area (Å²) in [6.07, 6.45) is 5.99. The van der Waals surface area contributed by atoms with E-state index in [1.54, 1.807) is 23.0 Å². The molecule has 2 aromatic rings. The lowest BCUT2D eigenvalue weighted by Crippen LogP contribution is -2.48. The molecule has 2 aliphatic rings. The van der Waals surface area contributed by atoms with Crippen LogP contribution in [-0.4, -0.2) is 33.8 Å². The highest BCUT2D eigenvalue weighted by atomic mass is 35.5. The van der Waals surface area contributed by atoms with Crippen LogP contribution >= 0.6 is 12.4 Å². The van der Waals surface area contributed by atoms with E-state index >= 15 is 0 Å². The average molecular weight is 365 g/mol. The first-order valence-electron chi connectivity index (χ1n) is 8.47. The third-order valence-electron chi connectivity index (χ3n) is 5.13. The normalized spacial score (nSPS) is 24.6. The number of hydrogen-bond donors (Lipinski definition) is 2. The van der Waals surface area contributed by atoms with E-state index in [1.165, 1.54) is 25.0 Å². The van der Waals surface area contributed by atoms with E-state index in [-0.39, 0.29) is 30.2 Å². The minimum Gasteiger partial charge on any atom is -0.349 e. The summed E-state index contributed by atoms with van der Waals surface area (Å²) in [6, 6.07) is 7.39. The van der Waals surface area contributed by atoms with Crippen molar-refractivity contribution in [3.8, 4) is 5.69 Å². The molecule has 2 aliphatic heterocycles. The van der Waals surface area contributed by atoms with Gasteiger partial charge in [-0.1, -0.05) is 0 Å². The van der Waals surface area contributed by atoms with Gasteiger partial charge in [0, 0.05) is 18.1 Å². The van der Waals surface area contributed by atoms with Crippen molar-refractivity contribution in [2.75, 3.05) is 0 Å². The summed E-state index contributed by atoms with van der Waals surface area (Å²) in [7, 11) is 0. The van der Waals surface area contributed by atoms with Crippen LogP contribution in [0.5, 0.6) is 0 Å². The van der Waals surface area contributed by atoms with Crippen molar-refractivity contribution in [2.24, 2.45) is 0 Å². The van der Waals surface area contributed by atoms with Crippen LogP contribution in [0.1, 0.15) is 41.7 Å². The number of benzene rings is 1. The molecule has 5 nitrogen and oxygen atoms in total. The third-order valence-corrected chi connectivity index (χ3v) is 5.13. The van der Waals surface area contributed by atoms with Crippen LogP contribution in [0, 0.1) is 12.7 Å².